The first kappa shape index (κ1) is 14.0. The maximum absolute atomic E-state index is 11.7. The van der Waals surface area contributed by atoms with Gasteiger partial charge in [-0.25, -0.2) is 4.98 Å². The second kappa shape index (κ2) is 6.58. The van der Waals surface area contributed by atoms with Crippen molar-refractivity contribution in [2.24, 2.45) is 0 Å². The first-order valence-corrected chi connectivity index (χ1v) is 5.73. The summed E-state index contributed by atoms with van der Waals surface area (Å²) in [6.07, 6.45) is 2.68. The van der Waals surface area contributed by atoms with Crippen LogP contribution in [0.3, 0.4) is 0 Å². The molecule has 0 saturated heterocycles. The Morgan fingerprint density at radius 3 is 2.78 bits per heavy atom. The predicted octanol–water partition coefficient (Wildman–Crippen LogP) is 1.04. The molecular weight excluding hydrogens is 234 g/mol. The third kappa shape index (κ3) is 4.82. The van der Waals surface area contributed by atoms with E-state index in [-0.39, 0.29) is 18.4 Å². The lowest BCUT2D eigenvalue weighted by molar-refractivity contribution is -0.137. The average Bonchev–Trinajstić information content (AvgIpc) is 2.29. The summed E-state index contributed by atoms with van der Waals surface area (Å²) in [5.41, 5.74) is 6.27. The number of carboxylic acid groups (broad SMARTS) is 1. The van der Waals surface area contributed by atoms with Crippen LogP contribution >= 0.6 is 0 Å². The van der Waals surface area contributed by atoms with Crippen LogP contribution in [0.5, 0.6) is 0 Å². The number of carbonyl (C=O) groups excluding carboxylic acids is 1. The van der Waals surface area contributed by atoms with Crippen molar-refractivity contribution in [3.8, 4) is 0 Å². The highest BCUT2D eigenvalue weighted by molar-refractivity contribution is 5.92. The Kier molecular flexibility index (Phi) is 5.10. The molecule has 0 saturated carbocycles. The molecule has 6 nitrogen and oxygen atoms in total. The van der Waals surface area contributed by atoms with E-state index in [9.17, 15) is 9.59 Å². The number of pyridine rings is 1. The fraction of sp³-hybridized carbons (Fsp3) is 0.417. The molecule has 0 aliphatic rings. The molecule has 1 heterocycles. The van der Waals surface area contributed by atoms with Crippen LogP contribution in [0.2, 0.25) is 0 Å². The number of rotatable bonds is 6. The number of aromatic nitrogens is 1. The van der Waals surface area contributed by atoms with E-state index < -0.39 is 5.97 Å². The maximum Gasteiger partial charge on any atom is 0.303 e. The second-order valence-electron chi connectivity index (χ2n) is 4.14. The van der Waals surface area contributed by atoms with Crippen LogP contribution in [0.25, 0.3) is 0 Å². The number of carbonyl (C=O) groups is 2. The molecule has 0 aliphatic carbocycles. The minimum absolute atomic E-state index is 0.0868. The predicted molar refractivity (Wildman–Crippen MR) is 67.1 cm³/mol. The van der Waals surface area contributed by atoms with Gasteiger partial charge in [0.2, 0.25) is 0 Å². The zero-order valence-electron chi connectivity index (χ0n) is 10.2. The highest BCUT2D eigenvalue weighted by Gasteiger charge is 2.11. The minimum Gasteiger partial charge on any atom is -0.481 e. The van der Waals surface area contributed by atoms with E-state index in [0.717, 1.165) is 0 Å². The Balaban J connectivity index is 2.39. The van der Waals surface area contributed by atoms with Gasteiger partial charge in [-0.05, 0) is 31.9 Å². The number of anilines is 1. The van der Waals surface area contributed by atoms with E-state index in [1.807, 2.05) is 6.92 Å². The largest absolute Gasteiger partial charge is 0.481 e. The number of hydrogen-bond donors (Lipinski definition) is 3. The normalized spacial score (nSPS) is 11.8. The fourth-order valence-corrected chi connectivity index (χ4v) is 1.47. The van der Waals surface area contributed by atoms with Gasteiger partial charge in [-0.1, -0.05) is 0 Å². The van der Waals surface area contributed by atoms with Gasteiger partial charge >= 0.3 is 5.97 Å². The Morgan fingerprint density at radius 1 is 1.50 bits per heavy atom. The lowest BCUT2D eigenvalue weighted by atomic mass is 10.1. The summed E-state index contributed by atoms with van der Waals surface area (Å²) in [5.74, 6) is -1.11. The molecule has 1 unspecified atom stereocenters. The van der Waals surface area contributed by atoms with Crippen LogP contribution in [0.1, 0.15) is 36.7 Å². The molecule has 0 radical (unpaired) electrons. The number of nitrogens with one attached hydrogen (secondary N) is 1. The Morgan fingerprint density at radius 2 is 2.22 bits per heavy atom. The van der Waals surface area contributed by atoms with Gasteiger partial charge in [0.25, 0.3) is 5.91 Å². The number of nitrogens with zero attached hydrogens (tertiary/aromatic N) is 1. The summed E-state index contributed by atoms with van der Waals surface area (Å²) >= 11 is 0. The summed E-state index contributed by atoms with van der Waals surface area (Å²) in [6.45, 7) is 1.83. The van der Waals surface area contributed by atoms with Crippen LogP contribution in [0, 0.1) is 0 Å². The molecule has 1 aromatic rings. The van der Waals surface area contributed by atoms with E-state index >= 15 is 0 Å². The zero-order chi connectivity index (χ0) is 13.5. The van der Waals surface area contributed by atoms with Crippen molar-refractivity contribution in [2.45, 2.75) is 32.2 Å². The van der Waals surface area contributed by atoms with E-state index in [2.05, 4.69) is 10.3 Å². The number of nitrogens with two attached hydrogens (primary N) is 1. The monoisotopic (exact) mass is 251 g/mol. The highest BCUT2D eigenvalue weighted by Crippen LogP contribution is 2.04. The third-order valence-corrected chi connectivity index (χ3v) is 2.42. The lowest BCUT2D eigenvalue weighted by Crippen LogP contribution is -2.33. The van der Waals surface area contributed by atoms with Gasteiger partial charge in [-0.3, -0.25) is 9.59 Å². The van der Waals surface area contributed by atoms with E-state index in [1.54, 1.807) is 12.1 Å². The Bertz CT molecular complexity index is 417. The average molecular weight is 251 g/mol. The minimum atomic E-state index is -0.825. The van der Waals surface area contributed by atoms with E-state index in [4.69, 9.17) is 10.8 Å². The molecule has 18 heavy (non-hydrogen) atoms. The summed E-state index contributed by atoms with van der Waals surface area (Å²) < 4.78 is 0. The third-order valence-electron chi connectivity index (χ3n) is 2.42. The van der Waals surface area contributed by atoms with Crippen LogP contribution in [0.4, 0.5) is 5.69 Å². The molecular formula is C12H17N3O3. The van der Waals surface area contributed by atoms with Crippen molar-refractivity contribution in [3.05, 3.63) is 24.0 Å². The molecule has 0 fully saturated rings. The topological polar surface area (TPSA) is 105 Å². The molecule has 1 aromatic heterocycles. The summed E-state index contributed by atoms with van der Waals surface area (Å²) in [6, 6.07) is 3.07. The lowest BCUT2D eigenvalue weighted by Gasteiger charge is -2.12. The molecule has 4 N–H and O–H groups in total. The standard InChI is InChI=1S/C12H17N3O3/c1-8(3-2-4-11(16)17)15-12(18)10-6-5-9(13)7-14-10/h5-8H,2-4,13H2,1H3,(H,15,18)(H,16,17). The molecule has 0 aromatic carbocycles. The summed E-state index contributed by atoms with van der Waals surface area (Å²) in [4.78, 5) is 26.0. The Hall–Kier alpha value is -2.11. The number of aliphatic carboxylic acids is 1. The molecule has 0 bridgehead atoms. The molecule has 1 atom stereocenters. The zero-order valence-corrected chi connectivity index (χ0v) is 10.2. The van der Waals surface area contributed by atoms with Crippen LogP contribution in [-0.2, 0) is 4.79 Å². The molecule has 1 rings (SSSR count). The maximum atomic E-state index is 11.7. The van der Waals surface area contributed by atoms with Crippen LogP contribution < -0.4 is 11.1 Å². The van der Waals surface area contributed by atoms with Gasteiger partial charge in [0, 0.05) is 12.5 Å². The van der Waals surface area contributed by atoms with Crippen molar-refractivity contribution in [2.75, 3.05) is 5.73 Å². The second-order valence-corrected chi connectivity index (χ2v) is 4.14. The van der Waals surface area contributed by atoms with Crippen molar-refractivity contribution < 1.29 is 14.7 Å². The smallest absolute Gasteiger partial charge is 0.303 e. The van der Waals surface area contributed by atoms with Crippen LogP contribution in [0.15, 0.2) is 18.3 Å². The number of carboxylic acids is 1. The van der Waals surface area contributed by atoms with Crippen molar-refractivity contribution in [3.63, 3.8) is 0 Å². The summed E-state index contributed by atoms with van der Waals surface area (Å²) in [7, 11) is 0. The molecule has 1 amide bonds. The quantitative estimate of drug-likeness (QED) is 0.700. The van der Waals surface area contributed by atoms with Gasteiger partial charge in [-0.2, -0.15) is 0 Å². The van der Waals surface area contributed by atoms with Gasteiger partial charge in [0.15, 0.2) is 0 Å². The molecule has 0 spiro atoms. The fourth-order valence-electron chi connectivity index (χ4n) is 1.47. The highest BCUT2D eigenvalue weighted by atomic mass is 16.4. The number of hydrogen-bond acceptors (Lipinski definition) is 4. The van der Waals surface area contributed by atoms with Gasteiger partial charge in [0.1, 0.15) is 5.69 Å². The summed E-state index contributed by atoms with van der Waals surface area (Å²) in [5, 5.41) is 11.3. The van der Waals surface area contributed by atoms with Gasteiger partial charge < -0.3 is 16.2 Å². The molecule has 0 aliphatic heterocycles. The van der Waals surface area contributed by atoms with Gasteiger partial charge in [0.05, 0.1) is 11.9 Å². The van der Waals surface area contributed by atoms with E-state index in [0.29, 0.717) is 24.2 Å². The van der Waals surface area contributed by atoms with Crippen molar-refractivity contribution in [1.82, 2.24) is 10.3 Å². The van der Waals surface area contributed by atoms with Crippen molar-refractivity contribution >= 4 is 17.6 Å². The number of nitrogen functional groups attached to an aromatic ring is 1. The first-order valence-electron chi connectivity index (χ1n) is 5.73. The van der Waals surface area contributed by atoms with Gasteiger partial charge in [-0.15, -0.1) is 0 Å². The van der Waals surface area contributed by atoms with Crippen molar-refractivity contribution in [1.29, 1.82) is 0 Å². The molecule has 98 valence electrons. The number of amides is 1. The SMILES string of the molecule is CC(CCCC(=O)O)NC(=O)c1ccc(N)cn1. The van der Waals surface area contributed by atoms with E-state index in [1.165, 1.54) is 6.20 Å². The van der Waals surface area contributed by atoms with Crippen LogP contribution in [-0.4, -0.2) is 28.0 Å². The molecule has 6 heteroatoms. The Labute approximate surface area is 105 Å². The first-order chi connectivity index (χ1) is 8.49.